The molecule has 2 heterocycles. The largest absolute Gasteiger partial charge is 0.324 e. The summed E-state index contributed by atoms with van der Waals surface area (Å²) in [7, 11) is 0. The van der Waals surface area contributed by atoms with Crippen LogP contribution in [-0.4, -0.2) is 24.5 Å². The molecular weight excluding hydrogens is 228 g/mol. The van der Waals surface area contributed by atoms with Crippen LogP contribution in [-0.2, 0) is 6.54 Å². The smallest absolute Gasteiger partial charge is 0.148 e. The quantitative estimate of drug-likeness (QED) is 0.870. The first-order valence-corrected chi connectivity index (χ1v) is 6.28. The van der Waals surface area contributed by atoms with E-state index >= 15 is 0 Å². The summed E-state index contributed by atoms with van der Waals surface area (Å²) in [6.07, 6.45) is 6.29. The van der Waals surface area contributed by atoms with Crippen molar-refractivity contribution < 1.29 is 0 Å². The molecule has 0 saturated heterocycles. The molecule has 0 spiro atoms. The molecule has 2 aromatic rings. The van der Waals surface area contributed by atoms with E-state index in [9.17, 15) is 0 Å². The minimum Gasteiger partial charge on any atom is -0.324 e. The third-order valence-corrected chi connectivity index (χ3v) is 2.96. The van der Waals surface area contributed by atoms with Crippen LogP contribution in [0, 0.1) is 0 Å². The van der Waals surface area contributed by atoms with Crippen LogP contribution in [0.1, 0.15) is 50.7 Å². The van der Waals surface area contributed by atoms with Gasteiger partial charge in [0.1, 0.15) is 18.7 Å². The van der Waals surface area contributed by atoms with Gasteiger partial charge in [-0.05, 0) is 20.3 Å². The van der Waals surface area contributed by atoms with Gasteiger partial charge in [0.25, 0.3) is 0 Å². The van der Waals surface area contributed by atoms with Crippen LogP contribution < -0.4 is 5.73 Å². The van der Waals surface area contributed by atoms with Crippen molar-refractivity contribution in [1.29, 1.82) is 0 Å². The second kappa shape index (κ2) is 5.30. The third-order valence-electron chi connectivity index (χ3n) is 2.96. The highest BCUT2D eigenvalue weighted by Crippen LogP contribution is 2.13. The molecule has 2 rings (SSSR count). The highest BCUT2D eigenvalue weighted by Gasteiger charge is 2.10. The summed E-state index contributed by atoms with van der Waals surface area (Å²) < 4.78 is 3.76. The Labute approximate surface area is 107 Å². The molecule has 1 atom stereocenters. The number of hydrogen-bond acceptors (Lipinski definition) is 4. The van der Waals surface area contributed by atoms with Crippen molar-refractivity contribution in [3.05, 3.63) is 30.1 Å². The van der Waals surface area contributed by atoms with E-state index in [0.29, 0.717) is 12.6 Å². The Morgan fingerprint density at radius 3 is 2.78 bits per heavy atom. The average Bonchev–Trinajstić information content (AvgIpc) is 2.97. The Balaban J connectivity index is 2.14. The summed E-state index contributed by atoms with van der Waals surface area (Å²) in [4.78, 5) is 4.27. The molecule has 0 amide bonds. The fraction of sp³-hybridized carbons (Fsp3) is 0.583. The molecule has 0 aliphatic carbocycles. The zero-order valence-corrected chi connectivity index (χ0v) is 11.1. The molecule has 0 aliphatic rings. The van der Waals surface area contributed by atoms with E-state index in [4.69, 9.17) is 5.73 Å². The normalized spacial score (nSPS) is 13.2. The van der Waals surface area contributed by atoms with Gasteiger partial charge in [-0.15, -0.1) is 0 Å². The number of rotatable bonds is 5. The Hall–Kier alpha value is -1.69. The Bertz CT molecular complexity index is 498. The predicted molar refractivity (Wildman–Crippen MR) is 69.0 cm³/mol. The van der Waals surface area contributed by atoms with E-state index in [1.165, 1.54) is 0 Å². The second-order valence-electron chi connectivity index (χ2n) is 4.70. The van der Waals surface area contributed by atoms with Crippen LogP contribution in [0.4, 0.5) is 0 Å². The van der Waals surface area contributed by atoms with Crippen LogP contribution >= 0.6 is 0 Å². The molecule has 0 aromatic carbocycles. The summed E-state index contributed by atoms with van der Waals surface area (Å²) >= 11 is 0. The maximum atomic E-state index is 5.97. The number of hydrogen-bond donors (Lipinski definition) is 1. The lowest BCUT2D eigenvalue weighted by Crippen LogP contribution is -2.12. The number of aromatic nitrogens is 5. The summed E-state index contributed by atoms with van der Waals surface area (Å²) in [5, 5.41) is 8.53. The lowest BCUT2D eigenvalue weighted by atomic mass is 10.1. The van der Waals surface area contributed by atoms with E-state index in [2.05, 4.69) is 36.0 Å². The van der Waals surface area contributed by atoms with E-state index in [1.807, 2.05) is 21.8 Å². The van der Waals surface area contributed by atoms with Crippen molar-refractivity contribution in [3.8, 4) is 0 Å². The van der Waals surface area contributed by atoms with E-state index in [-0.39, 0.29) is 6.04 Å². The molecule has 6 nitrogen and oxygen atoms in total. The summed E-state index contributed by atoms with van der Waals surface area (Å²) in [6.45, 7) is 6.85. The summed E-state index contributed by atoms with van der Waals surface area (Å²) in [5.74, 6) is 0.907. The predicted octanol–water partition coefficient (Wildman–Crippen LogP) is 1.51. The average molecular weight is 248 g/mol. The van der Waals surface area contributed by atoms with Gasteiger partial charge in [0.05, 0.1) is 6.20 Å². The topological polar surface area (TPSA) is 74.6 Å². The van der Waals surface area contributed by atoms with Gasteiger partial charge < -0.3 is 5.73 Å². The van der Waals surface area contributed by atoms with Crippen LogP contribution in [0.5, 0.6) is 0 Å². The van der Waals surface area contributed by atoms with Crippen LogP contribution in [0.15, 0.2) is 18.7 Å². The van der Waals surface area contributed by atoms with E-state index < -0.39 is 0 Å². The monoisotopic (exact) mass is 248 g/mol. The van der Waals surface area contributed by atoms with Crippen LogP contribution in [0.3, 0.4) is 0 Å². The highest BCUT2D eigenvalue weighted by molar-refractivity contribution is 5.09. The third kappa shape index (κ3) is 2.59. The molecule has 0 saturated carbocycles. The second-order valence-corrected chi connectivity index (χ2v) is 4.70. The van der Waals surface area contributed by atoms with Crippen molar-refractivity contribution in [2.75, 3.05) is 0 Å². The fourth-order valence-corrected chi connectivity index (χ4v) is 1.86. The summed E-state index contributed by atoms with van der Waals surface area (Å²) in [5.41, 5.74) is 7.04. The van der Waals surface area contributed by atoms with Crippen LogP contribution in [0.2, 0.25) is 0 Å². The maximum Gasteiger partial charge on any atom is 0.148 e. The minimum atomic E-state index is 0.0571. The zero-order valence-electron chi connectivity index (χ0n) is 11.1. The van der Waals surface area contributed by atoms with Crippen molar-refractivity contribution in [2.45, 2.75) is 45.8 Å². The lowest BCUT2D eigenvalue weighted by molar-refractivity contribution is 0.488. The van der Waals surface area contributed by atoms with Gasteiger partial charge in [-0.2, -0.15) is 10.2 Å². The molecule has 2 N–H and O–H groups in total. The standard InChI is InChI=1S/C12H20N6/c1-4-11(13)10-5-15-17(6-10)7-12-14-8-16-18(12)9(2)3/h5-6,8-9,11H,4,7,13H2,1-3H3. The van der Waals surface area contributed by atoms with Gasteiger partial charge in [0, 0.05) is 23.8 Å². The first kappa shape index (κ1) is 12.8. The summed E-state index contributed by atoms with van der Waals surface area (Å²) in [6, 6.07) is 0.358. The molecule has 18 heavy (non-hydrogen) atoms. The van der Waals surface area contributed by atoms with Gasteiger partial charge in [-0.3, -0.25) is 4.68 Å². The first-order chi connectivity index (χ1) is 8.61. The van der Waals surface area contributed by atoms with Gasteiger partial charge in [0.15, 0.2) is 0 Å². The molecule has 2 aromatic heterocycles. The van der Waals surface area contributed by atoms with Gasteiger partial charge in [-0.25, -0.2) is 9.67 Å². The molecule has 1 unspecified atom stereocenters. The molecular formula is C12H20N6. The van der Waals surface area contributed by atoms with Gasteiger partial charge in [-0.1, -0.05) is 6.92 Å². The SMILES string of the molecule is CCC(N)c1cnn(Cc2ncnn2C(C)C)c1. The van der Waals surface area contributed by atoms with Gasteiger partial charge >= 0.3 is 0 Å². The zero-order chi connectivity index (χ0) is 13.1. The van der Waals surface area contributed by atoms with Crippen molar-refractivity contribution in [2.24, 2.45) is 5.73 Å². The number of nitrogens with two attached hydrogens (primary N) is 1. The molecule has 98 valence electrons. The minimum absolute atomic E-state index is 0.0571. The number of nitrogens with zero attached hydrogens (tertiary/aromatic N) is 5. The van der Waals surface area contributed by atoms with Crippen LogP contribution in [0.25, 0.3) is 0 Å². The Kier molecular flexibility index (Phi) is 3.76. The molecule has 0 fully saturated rings. The highest BCUT2D eigenvalue weighted by atomic mass is 15.4. The first-order valence-electron chi connectivity index (χ1n) is 6.28. The maximum absolute atomic E-state index is 5.97. The van der Waals surface area contributed by atoms with Crippen molar-refractivity contribution in [1.82, 2.24) is 24.5 Å². The Morgan fingerprint density at radius 1 is 1.33 bits per heavy atom. The Morgan fingerprint density at radius 2 is 2.11 bits per heavy atom. The molecule has 6 heteroatoms. The van der Waals surface area contributed by atoms with E-state index in [0.717, 1.165) is 17.8 Å². The molecule has 0 bridgehead atoms. The van der Waals surface area contributed by atoms with E-state index in [1.54, 1.807) is 6.33 Å². The fourth-order valence-electron chi connectivity index (χ4n) is 1.86. The molecule has 0 aliphatic heterocycles. The molecule has 0 radical (unpaired) electrons. The van der Waals surface area contributed by atoms with Crippen molar-refractivity contribution >= 4 is 0 Å². The van der Waals surface area contributed by atoms with Crippen molar-refractivity contribution in [3.63, 3.8) is 0 Å². The lowest BCUT2D eigenvalue weighted by Gasteiger charge is -2.09. The van der Waals surface area contributed by atoms with Gasteiger partial charge in [0.2, 0.25) is 0 Å².